The Morgan fingerprint density at radius 3 is 2.64 bits per heavy atom. The number of anilines is 2. The summed E-state index contributed by atoms with van der Waals surface area (Å²) >= 11 is 0. The number of hydrogen-bond acceptors (Lipinski definition) is 6. The SMILES string of the molecule is CCCCOc1nc(N)c2c(n1)N(CCCC1CCCN(CCC3CCCCC3)C1)C(=O)C2. The molecule has 33 heavy (non-hydrogen) atoms. The van der Waals surface area contributed by atoms with Crippen molar-refractivity contribution in [2.45, 2.75) is 90.4 Å². The lowest BCUT2D eigenvalue weighted by molar-refractivity contribution is -0.117. The van der Waals surface area contributed by atoms with Gasteiger partial charge in [-0.05, 0) is 63.5 Å². The number of nitrogens with two attached hydrogens (primary N) is 1. The second-order valence-electron chi connectivity index (χ2n) is 10.4. The average Bonchev–Trinajstić information content (AvgIpc) is 3.15. The van der Waals surface area contributed by atoms with Gasteiger partial charge in [0.05, 0.1) is 13.0 Å². The van der Waals surface area contributed by atoms with E-state index < -0.39 is 0 Å². The predicted octanol–water partition coefficient (Wildman–Crippen LogP) is 4.59. The molecule has 1 aromatic rings. The summed E-state index contributed by atoms with van der Waals surface area (Å²) in [6, 6.07) is 0.292. The molecule has 2 N–H and O–H groups in total. The quantitative estimate of drug-likeness (QED) is 0.489. The minimum absolute atomic E-state index is 0.0782. The van der Waals surface area contributed by atoms with Gasteiger partial charge in [0.25, 0.3) is 0 Å². The van der Waals surface area contributed by atoms with E-state index in [1.165, 1.54) is 77.4 Å². The Morgan fingerprint density at radius 2 is 1.82 bits per heavy atom. The maximum Gasteiger partial charge on any atom is 0.320 e. The molecule has 3 heterocycles. The number of hydrogen-bond donors (Lipinski definition) is 1. The largest absolute Gasteiger partial charge is 0.463 e. The molecule has 3 aliphatic rings. The first kappa shape index (κ1) is 24.2. The smallest absolute Gasteiger partial charge is 0.320 e. The zero-order valence-corrected chi connectivity index (χ0v) is 20.6. The highest BCUT2D eigenvalue weighted by Crippen LogP contribution is 2.33. The zero-order valence-electron chi connectivity index (χ0n) is 20.6. The number of ether oxygens (including phenoxy) is 1. The number of nitrogens with zero attached hydrogens (tertiary/aromatic N) is 4. The standard InChI is InChI=1S/C26H43N5O2/c1-2-3-17-33-26-28-24(27)22-18-23(32)31(25(22)29-26)15-8-12-21-11-7-14-30(19-21)16-13-20-9-5-4-6-10-20/h20-21H,2-19H2,1H3,(H2,27,28,29). The highest BCUT2D eigenvalue weighted by Gasteiger charge is 2.32. The molecule has 1 amide bonds. The third kappa shape index (κ3) is 6.58. The van der Waals surface area contributed by atoms with Gasteiger partial charge in [0.1, 0.15) is 11.6 Å². The molecule has 2 aliphatic heterocycles. The first-order valence-electron chi connectivity index (χ1n) is 13.5. The summed E-state index contributed by atoms with van der Waals surface area (Å²) in [5.74, 6) is 2.82. The molecule has 2 fully saturated rings. The lowest BCUT2D eigenvalue weighted by atomic mass is 9.86. The number of amides is 1. The normalized spacial score (nSPS) is 22.0. The fourth-order valence-corrected chi connectivity index (χ4v) is 5.80. The molecule has 4 rings (SSSR count). The van der Waals surface area contributed by atoms with Crippen LogP contribution in [0.1, 0.15) is 89.5 Å². The van der Waals surface area contributed by atoms with Crippen LogP contribution in [0.25, 0.3) is 0 Å². The molecule has 1 unspecified atom stereocenters. The van der Waals surface area contributed by atoms with Gasteiger partial charge in [0.2, 0.25) is 5.91 Å². The maximum absolute atomic E-state index is 12.7. The topological polar surface area (TPSA) is 84.6 Å². The summed E-state index contributed by atoms with van der Waals surface area (Å²) in [6.45, 7) is 7.15. The molecule has 0 bridgehead atoms. The number of nitrogen functional groups attached to an aromatic ring is 1. The van der Waals surface area contributed by atoms with Gasteiger partial charge < -0.3 is 15.4 Å². The lowest BCUT2D eigenvalue weighted by Gasteiger charge is -2.34. The van der Waals surface area contributed by atoms with E-state index in [0.29, 0.717) is 37.2 Å². The predicted molar refractivity (Wildman–Crippen MR) is 132 cm³/mol. The van der Waals surface area contributed by atoms with Crippen molar-refractivity contribution >= 4 is 17.5 Å². The van der Waals surface area contributed by atoms with Gasteiger partial charge in [-0.25, -0.2) is 0 Å². The Balaban J connectivity index is 1.25. The number of piperidine rings is 1. The Morgan fingerprint density at radius 1 is 1.00 bits per heavy atom. The number of carbonyl (C=O) groups excluding carboxylic acids is 1. The molecule has 1 aliphatic carbocycles. The third-order valence-electron chi connectivity index (χ3n) is 7.79. The van der Waals surface area contributed by atoms with Gasteiger partial charge in [0, 0.05) is 18.7 Å². The van der Waals surface area contributed by atoms with Crippen molar-refractivity contribution in [3.8, 4) is 6.01 Å². The molecule has 1 atom stereocenters. The van der Waals surface area contributed by atoms with Crippen molar-refractivity contribution in [1.29, 1.82) is 0 Å². The highest BCUT2D eigenvalue weighted by atomic mass is 16.5. The van der Waals surface area contributed by atoms with Crippen molar-refractivity contribution in [1.82, 2.24) is 14.9 Å². The van der Waals surface area contributed by atoms with Crippen LogP contribution < -0.4 is 15.4 Å². The molecule has 7 heteroatoms. The van der Waals surface area contributed by atoms with Gasteiger partial charge >= 0.3 is 6.01 Å². The third-order valence-corrected chi connectivity index (χ3v) is 7.79. The van der Waals surface area contributed by atoms with Crippen LogP contribution in [0, 0.1) is 11.8 Å². The van der Waals surface area contributed by atoms with Crippen molar-refractivity contribution in [3.05, 3.63) is 5.56 Å². The molecule has 0 radical (unpaired) electrons. The second-order valence-corrected chi connectivity index (χ2v) is 10.4. The van der Waals surface area contributed by atoms with Crippen LogP contribution in [0.4, 0.5) is 11.6 Å². The Bertz CT molecular complexity index is 780. The fraction of sp³-hybridized carbons (Fsp3) is 0.808. The van der Waals surface area contributed by atoms with Crippen molar-refractivity contribution in [2.24, 2.45) is 11.8 Å². The lowest BCUT2D eigenvalue weighted by Crippen LogP contribution is -2.37. The van der Waals surface area contributed by atoms with Gasteiger partial charge in [-0.15, -0.1) is 0 Å². The van der Waals surface area contributed by atoms with E-state index in [-0.39, 0.29) is 5.91 Å². The maximum atomic E-state index is 12.7. The number of unbranched alkanes of at least 4 members (excludes halogenated alkanes) is 1. The molecule has 0 spiro atoms. The first-order chi connectivity index (χ1) is 16.1. The molecular formula is C26H43N5O2. The zero-order chi connectivity index (χ0) is 23.0. The molecule has 7 nitrogen and oxygen atoms in total. The molecule has 184 valence electrons. The van der Waals surface area contributed by atoms with Gasteiger partial charge in [-0.3, -0.25) is 9.69 Å². The van der Waals surface area contributed by atoms with E-state index in [1.54, 1.807) is 0 Å². The van der Waals surface area contributed by atoms with E-state index in [2.05, 4.69) is 21.8 Å². The van der Waals surface area contributed by atoms with Crippen LogP contribution in [0.15, 0.2) is 0 Å². The number of aromatic nitrogens is 2. The first-order valence-corrected chi connectivity index (χ1v) is 13.5. The molecule has 1 aromatic heterocycles. The highest BCUT2D eigenvalue weighted by molar-refractivity contribution is 6.01. The Labute approximate surface area is 199 Å². The van der Waals surface area contributed by atoms with E-state index in [4.69, 9.17) is 10.5 Å². The van der Waals surface area contributed by atoms with Gasteiger partial charge in [-0.2, -0.15) is 9.97 Å². The minimum atomic E-state index is 0.0782. The monoisotopic (exact) mass is 457 g/mol. The number of rotatable bonds is 11. The van der Waals surface area contributed by atoms with Crippen molar-refractivity contribution in [2.75, 3.05) is 43.4 Å². The minimum Gasteiger partial charge on any atom is -0.463 e. The van der Waals surface area contributed by atoms with E-state index >= 15 is 0 Å². The van der Waals surface area contributed by atoms with E-state index in [9.17, 15) is 4.79 Å². The van der Waals surface area contributed by atoms with Crippen LogP contribution in [0.2, 0.25) is 0 Å². The Hall–Kier alpha value is -1.89. The van der Waals surface area contributed by atoms with Crippen molar-refractivity contribution < 1.29 is 9.53 Å². The summed E-state index contributed by atoms with van der Waals surface area (Å²) in [5, 5.41) is 0. The van der Waals surface area contributed by atoms with Crippen LogP contribution in [0.3, 0.4) is 0 Å². The molecule has 1 saturated heterocycles. The summed E-state index contributed by atoms with van der Waals surface area (Å²) in [5.41, 5.74) is 6.89. The van der Waals surface area contributed by atoms with Crippen molar-refractivity contribution in [3.63, 3.8) is 0 Å². The van der Waals surface area contributed by atoms with Gasteiger partial charge in [-0.1, -0.05) is 45.4 Å². The summed E-state index contributed by atoms with van der Waals surface area (Å²) in [6.07, 6.45) is 15.7. The fourth-order valence-electron chi connectivity index (χ4n) is 5.80. The number of carbonyl (C=O) groups is 1. The average molecular weight is 458 g/mol. The molecular weight excluding hydrogens is 414 g/mol. The second kappa shape index (κ2) is 12.0. The molecule has 1 saturated carbocycles. The summed E-state index contributed by atoms with van der Waals surface area (Å²) in [4.78, 5) is 26.0. The van der Waals surface area contributed by atoms with Crippen LogP contribution in [-0.2, 0) is 11.2 Å². The Kier molecular flexibility index (Phi) is 8.82. The van der Waals surface area contributed by atoms with Crippen LogP contribution in [0.5, 0.6) is 6.01 Å². The van der Waals surface area contributed by atoms with E-state index in [1.807, 2.05) is 4.90 Å². The van der Waals surface area contributed by atoms with Crippen LogP contribution in [-0.4, -0.2) is 53.6 Å². The summed E-state index contributed by atoms with van der Waals surface area (Å²) in [7, 11) is 0. The molecule has 0 aromatic carbocycles. The van der Waals surface area contributed by atoms with Crippen LogP contribution >= 0.6 is 0 Å². The van der Waals surface area contributed by atoms with E-state index in [0.717, 1.165) is 36.7 Å². The number of fused-ring (bicyclic) bond motifs is 1. The summed E-state index contributed by atoms with van der Waals surface area (Å²) < 4.78 is 5.67. The number of likely N-dealkylation sites (tertiary alicyclic amines) is 1. The van der Waals surface area contributed by atoms with Gasteiger partial charge in [0.15, 0.2) is 0 Å².